The Labute approximate surface area is 204 Å². The lowest BCUT2D eigenvalue weighted by atomic mass is 9.77. The van der Waals surface area contributed by atoms with Gasteiger partial charge in [0, 0.05) is 5.56 Å². The first kappa shape index (κ1) is 25.1. The molecule has 3 aromatic carbocycles. The van der Waals surface area contributed by atoms with Gasteiger partial charge >= 0.3 is 12.2 Å². The Balaban J connectivity index is 1.73. The van der Waals surface area contributed by atoms with Crippen molar-refractivity contribution in [3.8, 4) is 11.5 Å². The monoisotopic (exact) mass is 500 g/mol. The number of carbonyl (C=O) groups is 2. The maximum Gasteiger partial charge on any atom is 0.437 e. The van der Waals surface area contributed by atoms with Crippen LogP contribution in [0.5, 0.6) is 11.5 Å². The van der Waals surface area contributed by atoms with Crippen molar-refractivity contribution in [3.63, 3.8) is 0 Å². The predicted octanol–water partition coefficient (Wildman–Crippen LogP) is 4.38. The number of alkyl halides is 3. The van der Waals surface area contributed by atoms with Crippen molar-refractivity contribution >= 4 is 11.8 Å². The van der Waals surface area contributed by atoms with E-state index >= 15 is 0 Å². The number of rotatable bonds is 7. The second kappa shape index (κ2) is 9.90. The van der Waals surface area contributed by atoms with Crippen LogP contribution in [-0.4, -0.2) is 35.9 Å². The average Bonchev–Trinajstić information content (AvgIpc) is 2.87. The summed E-state index contributed by atoms with van der Waals surface area (Å²) in [5, 5.41) is 14.6. The van der Waals surface area contributed by atoms with Crippen LogP contribution in [0.2, 0.25) is 0 Å². The van der Waals surface area contributed by atoms with Crippen LogP contribution in [0.4, 0.5) is 18.0 Å². The Kier molecular flexibility index (Phi) is 6.89. The number of benzene rings is 3. The second-order valence-electron chi connectivity index (χ2n) is 8.23. The Hall–Kier alpha value is -4.05. The van der Waals surface area contributed by atoms with Crippen LogP contribution in [0.15, 0.2) is 78.9 Å². The minimum absolute atomic E-state index is 0.0529. The highest BCUT2D eigenvalue weighted by Gasteiger charge is 2.66. The van der Waals surface area contributed by atoms with E-state index in [9.17, 15) is 27.9 Å². The van der Waals surface area contributed by atoms with Gasteiger partial charge in [0.1, 0.15) is 12.5 Å². The number of Topliss-reactive ketones (excluding diaryl/α,β-unsaturated/α-hetero) is 1. The van der Waals surface area contributed by atoms with Crippen molar-refractivity contribution in [2.75, 3.05) is 7.11 Å². The Morgan fingerprint density at radius 1 is 1.00 bits per heavy atom. The SMILES string of the molecule is COc1cc(C2NC(=O)NC(O)(C(F)(F)F)C2C(=O)c2ccccc2)ccc1OCc1ccccc1. The standard InChI is InChI=1S/C26H23F3N2O5/c1-35-20-14-18(12-13-19(20)36-15-16-8-4-2-5-9-16)22-21(23(32)17-10-6-3-7-11-17)25(34,26(27,28)29)31-24(33)30-22/h2-14,21-22,34H,15H2,1H3,(H2,30,31,33). The number of hydrogen-bond donors (Lipinski definition) is 3. The highest BCUT2D eigenvalue weighted by atomic mass is 19.4. The number of nitrogens with one attached hydrogen (secondary N) is 2. The van der Waals surface area contributed by atoms with Gasteiger partial charge in [-0.1, -0.05) is 66.7 Å². The molecule has 3 N–H and O–H groups in total. The summed E-state index contributed by atoms with van der Waals surface area (Å²) in [6.07, 6.45) is -5.35. The molecule has 1 aliphatic heterocycles. The van der Waals surface area contributed by atoms with E-state index in [1.54, 1.807) is 6.07 Å². The van der Waals surface area contributed by atoms with Crippen LogP contribution in [0.25, 0.3) is 0 Å². The maximum absolute atomic E-state index is 14.1. The van der Waals surface area contributed by atoms with Crippen LogP contribution >= 0.6 is 0 Å². The lowest BCUT2D eigenvalue weighted by molar-refractivity contribution is -0.287. The predicted molar refractivity (Wildman–Crippen MR) is 123 cm³/mol. The number of urea groups is 1. The first-order valence-corrected chi connectivity index (χ1v) is 11.0. The topological polar surface area (TPSA) is 96.9 Å². The molecule has 1 aliphatic rings. The zero-order valence-electron chi connectivity index (χ0n) is 19.1. The number of amides is 2. The molecule has 3 unspecified atom stereocenters. The molecule has 10 heteroatoms. The van der Waals surface area contributed by atoms with Crippen LogP contribution in [0, 0.1) is 5.92 Å². The van der Waals surface area contributed by atoms with Crippen molar-refractivity contribution in [1.82, 2.24) is 10.6 Å². The number of halogens is 3. The van der Waals surface area contributed by atoms with Gasteiger partial charge in [-0.25, -0.2) is 4.79 Å². The fraction of sp³-hybridized carbons (Fsp3) is 0.231. The molecule has 0 radical (unpaired) electrons. The normalized spacial score (nSPS) is 21.8. The van der Waals surface area contributed by atoms with Gasteiger partial charge in [-0.2, -0.15) is 13.2 Å². The summed E-state index contributed by atoms with van der Waals surface area (Å²) in [6, 6.07) is 18.0. The number of hydrogen-bond acceptors (Lipinski definition) is 5. The Morgan fingerprint density at radius 3 is 2.25 bits per heavy atom. The van der Waals surface area contributed by atoms with E-state index in [0.29, 0.717) is 5.75 Å². The largest absolute Gasteiger partial charge is 0.493 e. The fourth-order valence-corrected chi connectivity index (χ4v) is 4.13. The van der Waals surface area contributed by atoms with E-state index in [-0.39, 0.29) is 23.5 Å². The van der Waals surface area contributed by atoms with Gasteiger partial charge in [-0.05, 0) is 23.3 Å². The van der Waals surface area contributed by atoms with Gasteiger partial charge < -0.3 is 25.2 Å². The van der Waals surface area contributed by atoms with E-state index < -0.39 is 35.7 Å². The third kappa shape index (κ3) is 4.85. The molecule has 1 saturated heterocycles. The van der Waals surface area contributed by atoms with Gasteiger partial charge in [0.2, 0.25) is 5.72 Å². The van der Waals surface area contributed by atoms with Gasteiger partial charge in [-0.15, -0.1) is 0 Å². The van der Waals surface area contributed by atoms with E-state index in [2.05, 4.69) is 5.32 Å². The summed E-state index contributed by atoms with van der Waals surface area (Å²) in [5.41, 5.74) is -2.87. The molecule has 2 amide bonds. The first-order valence-electron chi connectivity index (χ1n) is 11.0. The molecule has 1 heterocycles. The van der Waals surface area contributed by atoms with E-state index in [4.69, 9.17) is 9.47 Å². The van der Waals surface area contributed by atoms with Gasteiger partial charge in [0.25, 0.3) is 0 Å². The molecule has 1 fully saturated rings. The van der Waals surface area contributed by atoms with Gasteiger partial charge in [0.05, 0.1) is 13.2 Å². The number of aliphatic hydroxyl groups is 1. The summed E-state index contributed by atoms with van der Waals surface area (Å²) >= 11 is 0. The minimum atomic E-state index is -5.35. The first-order chi connectivity index (χ1) is 17.1. The van der Waals surface area contributed by atoms with Crippen molar-refractivity contribution in [2.45, 2.75) is 24.6 Å². The lowest BCUT2D eigenvalue weighted by Crippen LogP contribution is -2.72. The molecule has 0 aliphatic carbocycles. The summed E-state index contributed by atoms with van der Waals surface area (Å²) in [6.45, 7) is 0.212. The molecule has 0 saturated carbocycles. The number of methoxy groups -OCH3 is 1. The number of ketones is 1. The van der Waals surface area contributed by atoms with E-state index in [0.717, 1.165) is 5.56 Å². The van der Waals surface area contributed by atoms with Crippen LogP contribution in [0.1, 0.15) is 27.5 Å². The van der Waals surface area contributed by atoms with Gasteiger partial charge in [-0.3, -0.25) is 4.79 Å². The number of ether oxygens (including phenoxy) is 2. The summed E-state index contributed by atoms with van der Waals surface area (Å²) in [5.74, 6) is -2.66. The van der Waals surface area contributed by atoms with Gasteiger partial charge in [0.15, 0.2) is 17.3 Å². The molecule has 4 rings (SSSR count). The van der Waals surface area contributed by atoms with Crippen molar-refractivity contribution in [2.24, 2.45) is 5.92 Å². The Bertz CT molecular complexity index is 1240. The summed E-state index contributed by atoms with van der Waals surface area (Å²) in [7, 11) is 1.36. The van der Waals surface area contributed by atoms with Crippen LogP contribution in [-0.2, 0) is 6.61 Å². The molecule has 0 spiro atoms. The maximum atomic E-state index is 14.1. The molecule has 36 heavy (non-hydrogen) atoms. The zero-order valence-corrected chi connectivity index (χ0v) is 19.1. The van der Waals surface area contributed by atoms with E-state index in [1.807, 2.05) is 30.3 Å². The minimum Gasteiger partial charge on any atom is -0.493 e. The average molecular weight is 500 g/mol. The summed E-state index contributed by atoms with van der Waals surface area (Å²) in [4.78, 5) is 25.6. The third-order valence-electron chi connectivity index (χ3n) is 5.93. The highest BCUT2D eigenvalue weighted by molar-refractivity contribution is 6.00. The van der Waals surface area contributed by atoms with Crippen molar-refractivity contribution < 1.29 is 37.3 Å². The van der Waals surface area contributed by atoms with Crippen molar-refractivity contribution in [1.29, 1.82) is 0 Å². The second-order valence-corrected chi connectivity index (χ2v) is 8.23. The Morgan fingerprint density at radius 2 is 1.64 bits per heavy atom. The molecular formula is C26H23F3N2O5. The van der Waals surface area contributed by atoms with E-state index in [1.165, 1.54) is 54.9 Å². The van der Waals surface area contributed by atoms with Crippen LogP contribution < -0.4 is 20.1 Å². The molecule has 0 aromatic heterocycles. The zero-order chi connectivity index (χ0) is 25.9. The highest BCUT2D eigenvalue weighted by Crippen LogP contribution is 2.45. The smallest absolute Gasteiger partial charge is 0.437 e. The fourth-order valence-electron chi connectivity index (χ4n) is 4.13. The molecule has 7 nitrogen and oxygen atoms in total. The van der Waals surface area contributed by atoms with Crippen LogP contribution in [0.3, 0.4) is 0 Å². The molecule has 0 bridgehead atoms. The third-order valence-corrected chi connectivity index (χ3v) is 5.93. The lowest BCUT2D eigenvalue weighted by Gasteiger charge is -2.45. The molecule has 188 valence electrons. The van der Waals surface area contributed by atoms with Crippen molar-refractivity contribution in [3.05, 3.63) is 95.6 Å². The molecular weight excluding hydrogens is 477 g/mol. The molecule has 3 aromatic rings. The number of carbonyl (C=O) groups excluding carboxylic acids is 2. The summed E-state index contributed by atoms with van der Waals surface area (Å²) < 4.78 is 53.5. The molecule has 3 atom stereocenters. The quantitative estimate of drug-likeness (QED) is 0.419.